The summed E-state index contributed by atoms with van der Waals surface area (Å²) in [5, 5.41) is 2.68. The molecule has 0 unspecified atom stereocenters. The van der Waals surface area contributed by atoms with Gasteiger partial charge in [0.2, 0.25) is 5.91 Å². The zero-order valence-corrected chi connectivity index (χ0v) is 14.5. The maximum Gasteiger partial charge on any atom is 0.221 e. The molecule has 1 aromatic carbocycles. The van der Waals surface area contributed by atoms with E-state index in [1.807, 2.05) is 24.4 Å². The molecule has 0 aliphatic carbocycles. The molecule has 3 aromatic rings. The number of carbonyl (C=O) groups excluding carboxylic acids is 2. The van der Waals surface area contributed by atoms with Gasteiger partial charge in [0.25, 0.3) is 0 Å². The third-order valence-corrected chi connectivity index (χ3v) is 4.42. The third-order valence-electron chi connectivity index (χ3n) is 3.52. The zero-order valence-electron chi connectivity index (χ0n) is 13.7. The first-order valence-electron chi connectivity index (χ1n) is 7.49. The van der Waals surface area contributed by atoms with E-state index in [9.17, 15) is 9.59 Å². The molecule has 0 aliphatic rings. The molecule has 1 amide bonds. The van der Waals surface area contributed by atoms with Crippen molar-refractivity contribution in [3.8, 4) is 0 Å². The lowest BCUT2D eigenvalue weighted by molar-refractivity contribution is -0.114. The van der Waals surface area contributed by atoms with Gasteiger partial charge in [-0.15, -0.1) is 11.3 Å². The van der Waals surface area contributed by atoms with E-state index in [1.54, 1.807) is 41.7 Å². The highest BCUT2D eigenvalue weighted by Gasteiger charge is 2.10. The minimum atomic E-state index is -0.166. The van der Waals surface area contributed by atoms with E-state index in [2.05, 4.69) is 10.3 Å². The van der Waals surface area contributed by atoms with Gasteiger partial charge in [0.15, 0.2) is 10.7 Å². The molecule has 3 rings (SSSR count). The second kappa shape index (κ2) is 6.41. The van der Waals surface area contributed by atoms with Crippen LogP contribution >= 0.6 is 11.3 Å². The number of hydrogen-bond donors (Lipinski definition) is 1. The van der Waals surface area contributed by atoms with Crippen LogP contribution in [-0.2, 0) is 4.79 Å². The van der Waals surface area contributed by atoms with E-state index in [4.69, 9.17) is 0 Å². The van der Waals surface area contributed by atoms with Crippen molar-refractivity contribution in [2.45, 2.75) is 20.8 Å². The highest BCUT2D eigenvalue weighted by molar-refractivity contribution is 7.17. The quantitative estimate of drug-likeness (QED) is 0.580. The SMILES string of the molecule is CC(=O)Nc1cccc(C(=O)/C=C/c2c(C)nc3sc(C)cn23)c1. The summed E-state index contributed by atoms with van der Waals surface area (Å²) < 4.78 is 1.99. The van der Waals surface area contributed by atoms with Crippen molar-refractivity contribution >= 4 is 39.8 Å². The number of rotatable bonds is 4. The van der Waals surface area contributed by atoms with Crippen LogP contribution in [0.2, 0.25) is 0 Å². The number of ketones is 1. The first-order valence-corrected chi connectivity index (χ1v) is 8.31. The summed E-state index contributed by atoms with van der Waals surface area (Å²) in [7, 11) is 0. The van der Waals surface area contributed by atoms with Crippen LogP contribution in [0.1, 0.15) is 33.5 Å². The molecule has 0 saturated carbocycles. The van der Waals surface area contributed by atoms with Gasteiger partial charge in [-0.1, -0.05) is 12.1 Å². The highest BCUT2D eigenvalue weighted by Crippen LogP contribution is 2.22. The fourth-order valence-electron chi connectivity index (χ4n) is 2.49. The molecule has 0 spiro atoms. The molecule has 0 atom stereocenters. The van der Waals surface area contributed by atoms with Gasteiger partial charge in [-0.3, -0.25) is 14.0 Å². The number of fused-ring (bicyclic) bond motifs is 1. The number of aromatic nitrogens is 2. The lowest BCUT2D eigenvalue weighted by Gasteiger charge is -2.03. The van der Waals surface area contributed by atoms with Crippen LogP contribution < -0.4 is 5.32 Å². The summed E-state index contributed by atoms with van der Waals surface area (Å²) in [6, 6.07) is 6.89. The number of nitrogens with one attached hydrogen (secondary N) is 1. The molecule has 0 saturated heterocycles. The monoisotopic (exact) mass is 339 g/mol. The number of nitrogens with zero attached hydrogens (tertiary/aromatic N) is 2. The van der Waals surface area contributed by atoms with Crippen molar-refractivity contribution in [3.05, 3.63) is 58.4 Å². The molecule has 6 heteroatoms. The number of carbonyl (C=O) groups is 2. The van der Waals surface area contributed by atoms with Crippen LogP contribution in [0.25, 0.3) is 11.0 Å². The molecular weight excluding hydrogens is 322 g/mol. The topological polar surface area (TPSA) is 63.5 Å². The zero-order chi connectivity index (χ0) is 17.3. The Morgan fingerprint density at radius 3 is 2.83 bits per heavy atom. The van der Waals surface area contributed by atoms with E-state index in [1.165, 1.54) is 17.9 Å². The summed E-state index contributed by atoms with van der Waals surface area (Å²) >= 11 is 1.62. The molecule has 0 fully saturated rings. The number of hydrogen-bond acceptors (Lipinski definition) is 4. The van der Waals surface area contributed by atoms with Crippen molar-refractivity contribution in [2.75, 3.05) is 5.32 Å². The van der Waals surface area contributed by atoms with Gasteiger partial charge >= 0.3 is 0 Å². The third kappa shape index (κ3) is 3.28. The Labute approximate surface area is 143 Å². The Morgan fingerprint density at radius 1 is 1.29 bits per heavy atom. The summed E-state index contributed by atoms with van der Waals surface area (Å²) in [6.07, 6.45) is 5.34. The van der Waals surface area contributed by atoms with Gasteiger partial charge in [-0.2, -0.15) is 0 Å². The molecule has 5 nitrogen and oxygen atoms in total. The molecular formula is C18H17N3O2S. The number of aryl methyl sites for hydroxylation is 2. The number of amides is 1. The van der Waals surface area contributed by atoms with Crippen LogP contribution in [0.3, 0.4) is 0 Å². The molecule has 2 heterocycles. The number of anilines is 1. The predicted octanol–water partition coefficient (Wildman–Crippen LogP) is 3.87. The van der Waals surface area contributed by atoms with Crippen LogP contribution in [0, 0.1) is 13.8 Å². The smallest absolute Gasteiger partial charge is 0.221 e. The fourth-order valence-corrected chi connectivity index (χ4v) is 3.36. The van der Waals surface area contributed by atoms with Gasteiger partial charge < -0.3 is 5.32 Å². The van der Waals surface area contributed by atoms with Gasteiger partial charge in [0, 0.05) is 29.2 Å². The number of benzene rings is 1. The number of allylic oxidation sites excluding steroid dienone is 1. The van der Waals surface area contributed by atoms with E-state index < -0.39 is 0 Å². The standard InChI is InChI=1S/C18H17N3O2S/c1-11-10-21-16(12(2)19-18(21)24-11)7-8-17(23)14-5-4-6-15(9-14)20-13(3)22/h4-10H,1-3H3,(H,20,22)/b8-7+. The average molecular weight is 339 g/mol. The van der Waals surface area contributed by atoms with Crippen molar-refractivity contribution < 1.29 is 9.59 Å². The largest absolute Gasteiger partial charge is 0.326 e. The van der Waals surface area contributed by atoms with Gasteiger partial charge in [0.1, 0.15) is 0 Å². The van der Waals surface area contributed by atoms with Crippen LogP contribution in [0.15, 0.2) is 36.5 Å². The first kappa shape index (κ1) is 16.1. The van der Waals surface area contributed by atoms with Crippen molar-refractivity contribution in [3.63, 3.8) is 0 Å². The second-order valence-corrected chi connectivity index (χ2v) is 6.75. The maximum absolute atomic E-state index is 12.4. The van der Waals surface area contributed by atoms with Gasteiger partial charge in [0.05, 0.1) is 11.4 Å². The summed E-state index contributed by atoms with van der Waals surface area (Å²) in [5.74, 6) is -0.288. The number of imidazole rings is 1. The van der Waals surface area contributed by atoms with E-state index in [0.717, 1.165) is 16.3 Å². The average Bonchev–Trinajstić information content (AvgIpc) is 2.99. The van der Waals surface area contributed by atoms with Crippen molar-refractivity contribution in [1.29, 1.82) is 0 Å². The van der Waals surface area contributed by atoms with Crippen molar-refractivity contribution in [1.82, 2.24) is 9.38 Å². The van der Waals surface area contributed by atoms with E-state index in [0.29, 0.717) is 11.3 Å². The van der Waals surface area contributed by atoms with Crippen LogP contribution in [-0.4, -0.2) is 21.1 Å². The molecule has 24 heavy (non-hydrogen) atoms. The lowest BCUT2D eigenvalue weighted by atomic mass is 10.1. The Morgan fingerprint density at radius 2 is 2.08 bits per heavy atom. The van der Waals surface area contributed by atoms with Crippen molar-refractivity contribution in [2.24, 2.45) is 0 Å². The normalized spacial score (nSPS) is 11.3. The lowest BCUT2D eigenvalue weighted by Crippen LogP contribution is -2.06. The molecule has 2 aromatic heterocycles. The molecule has 0 radical (unpaired) electrons. The van der Waals surface area contributed by atoms with E-state index >= 15 is 0 Å². The molecule has 1 N–H and O–H groups in total. The van der Waals surface area contributed by atoms with Crippen LogP contribution in [0.4, 0.5) is 5.69 Å². The Bertz CT molecular complexity index is 966. The molecule has 122 valence electrons. The fraction of sp³-hybridized carbons (Fsp3) is 0.167. The second-order valence-electron chi connectivity index (χ2n) is 5.54. The highest BCUT2D eigenvalue weighted by atomic mass is 32.1. The summed E-state index contributed by atoms with van der Waals surface area (Å²) in [4.78, 5) is 30.1. The molecule has 0 aliphatic heterocycles. The maximum atomic E-state index is 12.4. The van der Waals surface area contributed by atoms with E-state index in [-0.39, 0.29) is 11.7 Å². The van der Waals surface area contributed by atoms with Crippen LogP contribution in [0.5, 0.6) is 0 Å². The predicted molar refractivity (Wildman–Crippen MR) is 96.7 cm³/mol. The summed E-state index contributed by atoms with van der Waals surface area (Å²) in [5.41, 5.74) is 2.92. The van der Waals surface area contributed by atoms with Gasteiger partial charge in [-0.25, -0.2) is 4.98 Å². The Kier molecular flexibility index (Phi) is 4.31. The number of thiazole rings is 1. The molecule has 0 bridgehead atoms. The minimum absolute atomic E-state index is 0.122. The summed E-state index contributed by atoms with van der Waals surface area (Å²) in [6.45, 7) is 5.39. The first-order chi connectivity index (χ1) is 11.4. The minimum Gasteiger partial charge on any atom is -0.326 e. The Hall–Kier alpha value is -2.73. The Balaban J connectivity index is 1.87. The van der Waals surface area contributed by atoms with Gasteiger partial charge in [-0.05, 0) is 38.1 Å².